The first-order chi connectivity index (χ1) is 7.34. The fourth-order valence-electron chi connectivity index (χ4n) is 1.48. The van der Waals surface area contributed by atoms with Gasteiger partial charge in [-0.1, -0.05) is 12.2 Å². The molecule has 4 nitrogen and oxygen atoms in total. The fraction of sp³-hybridized carbons (Fsp3) is 0.400. The zero-order valence-electron chi connectivity index (χ0n) is 8.36. The number of aromatic nitrogens is 2. The van der Waals surface area contributed by atoms with Crippen molar-refractivity contribution in [2.24, 2.45) is 0 Å². The summed E-state index contributed by atoms with van der Waals surface area (Å²) >= 11 is 5.67. The van der Waals surface area contributed by atoms with Crippen molar-refractivity contribution in [1.29, 1.82) is 0 Å². The number of hydrogen-bond donors (Lipinski definition) is 1. The minimum atomic E-state index is 0.280. The van der Waals surface area contributed by atoms with Crippen LogP contribution < -0.4 is 5.32 Å². The highest BCUT2D eigenvalue weighted by Crippen LogP contribution is 2.05. The van der Waals surface area contributed by atoms with E-state index in [1.165, 1.54) is 0 Å². The van der Waals surface area contributed by atoms with E-state index in [1.807, 2.05) is 6.07 Å². The van der Waals surface area contributed by atoms with E-state index in [2.05, 4.69) is 32.3 Å². The van der Waals surface area contributed by atoms with E-state index in [0.717, 1.165) is 32.0 Å². The van der Waals surface area contributed by atoms with Crippen LogP contribution in [-0.2, 0) is 0 Å². The van der Waals surface area contributed by atoms with Gasteiger partial charge in [0.1, 0.15) is 5.82 Å². The second-order valence-corrected chi connectivity index (χ2v) is 3.71. The number of nitrogens with one attached hydrogen (secondary N) is 1. The van der Waals surface area contributed by atoms with Gasteiger partial charge in [-0.05, 0) is 17.7 Å². The summed E-state index contributed by atoms with van der Waals surface area (Å²) in [5, 5.41) is 3.49. The van der Waals surface area contributed by atoms with Crippen molar-refractivity contribution < 1.29 is 0 Å². The zero-order chi connectivity index (χ0) is 10.5. The highest BCUT2D eigenvalue weighted by Gasteiger charge is 2.04. The van der Waals surface area contributed by atoms with E-state index in [0.29, 0.717) is 0 Å². The lowest BCUT2D eigenvalue weighted by Crippen LogP contribution is -2.26. The summed E-state index contributed by atoms with van der Waals surface area (Å²) in [6, 6.07) is 1.81. The highest BCUT2D eigenvalue weighted by molar-refractivity contribution is 6.28. The van der Waals surface area contributed by atoms with Gasteiger partial charge in [-0.3, -0.25) is 4.90 Å². The smallest absolute Gasteiger partial charge is 0.224 e. The third-order valence-corrected chi connectivity index (χ3v) is 2.44. The quantitative estimate of drug-likeness (QED) is 0.620. The minimum absolute atomic E-state index is 0.280. The number of hydrogen-bond acceptors (Lipinski definition) is 4. The number of halogens is 1. The van der Waals surface area contributed by atoms with Crippen molar-refractivity contribution in [1.82, 2.24) is 14.9 Å². The molecular formula is C10H13ClN4. The Bertz CT molecular complexity index is 345. The summed E-state index contributed by atoms with van der Waals surface area (Å²) in [4.78, 5) is 10.2. The summed E-state index contributed by atoms with van der Waals surface area (Å²) in [7, 11) is 0. The van der Waals surface area contributed by atoms with Crippen LogP contribution in [0, 0.1) is 0 Å². The third-order valence-electron chi connectivity index (χ3n) is 2.25. The SMILES string of the molecule is Clc1nccc(NCCN2CC=CC2)n1. The normalized spacial score (nSPS) is 15.8. The average molecular weight is 225 g/mol. The molecule has 0 amide bonds. The first kappa shape index (κ1) is 10.4. The molecular weight excluding hydrogens is 212 g/mol. The van der Waals surface area contributed by atoms with Gasteiger partial charge in [-0.15, -0.1) is 0 Å². The molecule has 5 heteroatoms. The molecule has 0 fully saturated rings. The molecule has 0 atom stereocenters. The van der Waals surface area contributed by atoms with Crippen molar-refractivity contribution in [2.75, 3.05) is 31.5 Å². The summed E-state index contributed by atoms with van der Waals surface area (Å²) in [5.74, 6) is 0.780. The lowest BCUT2D eigenvalue weighted by molar-refractivity contribution is 0.367. The Labute approximate surface area is 94.0 Å². The van der Waals surface area contributed by atoms with Crippen LogP contribution in [0.5, 0.6) is 0 Å². The predicted octanol–water partition coefficient (Wildman–Crippen LogP) is 1.41. The molecule has 1 N–H and O–H groups in total. The Morgan fingerprint density at radius 3 is 2.93 bits per heavy atom. The molecule has 0 aromatic carbocycles. The predicted molar refractivity (Wildman–Crippen MR) is 61.1 cm³/mol. The summed E-state index contributed by atoms with van der Waals surface area (Å²) < 4.78 is 0. The van der Waals surface area contributed by atoms with Gasteiger partial charge in [-0.2, -0.15) is 0 Å². The molecule has 0 radical (unpaired) electrons. The Hall–Kier alpha value is -1.13. The minimum Gasteiger partial charge on any atom is -0.369 e. The second-order valence-electron chi connectivity index (χ2n) is 3.37. The Balaban J connectivity index is 1.73. The number of anilines is 1. The maximum Gasteiger partial charge on any atom is 0.224 e. The highest BCUT2D eigenvalue weighted by atomic mass is 35.5. The van der Waals surface area contributed by atoms with E-state index in [4.69, 9.17) is 11.6 Å². The van der Waals surface area contributed by atoms with Crippen LogP contribution in [0.3, 0.4) is 0 Å². The van der Waals surface area contributed by atoms with Gasteiger partial charge < -0.3 is 5.32 Å². The maximum absolute atomic E-state index is 5.67. The third kappa shape index (κ3) is 3.18. The van der Waals surface area contributed by atoms with Crippen molar-refractivity contribution in [2.45, 2.75) is 0 Å². The van der Waals surface area contributed by atoms with Crippen LogP contribution in [-0.4, -0.2) is 41.0 Å². The monoisotopic (exact) mass is 224 g/mol. The lowest BCUT2D eigenvalue weighted by Gasteiger charge is -2.14. The topological polar surface area (TPSA) is 41.1 Å². The van der Waals surface area contributed by atoms with Gasteiger partial charge in [0, 0.05) is 32.4 Å². The van der Waals surface area contributed by atoms with Crippen LogP contribution >= 0.6 is 11.6 Å². The van der Waals surface area contributed by atoms with Crippen LogP contribution in [0.25, 0.3) is 0 Å². The van der Waals surface area contributed by atoms with Gasteiger partial charge in [0.05, 0.1) is 0 Å². The molecule has 2 heterocycles. The average Bonchev–Trinajstić information content (AvgIpc) is 2.71. The molecule has 0 spiro atoms. The van der Waals surface area contributed by atoms with Gasteiger partial charge in [-0.25, -0.2) is 9.97 Å². The fourth-order valence-corrected chi connectivity index (χ4v) is 1.63. The first-order valence-electron chi connectivity index (χ1n) is 4.94. The van der Waals surface area contributed by atoms with Crippen LogP contribution in [0.2, 0.25) is 5.28 Å². The van der Waals surface area contributed by atoms with Gasteiger partial charge in [0.25, 0.3) is 0 Å². The molecule has 1 aliphatic heterocycles. The van der Waals surface area contributed by atoms with Crippen LogP contribution in [0.15, 0.2) is 24.4 Å². The van der Waals surface area contributed by atoms with E-state index < -0.39 is 0 Å². The molecule has 1 aromatic rings. The van der Waals surface area contributed by atoms with Gasteiger partial charge in [0.15, 0.2) is 0 Å². The Morgan fingerprint density at radius 2 is 2.20 bits per heavy atom. The summed E-state index contributed by atoms with van der Waals surface area (Å²) in [6.45, 7) is 3.97. The zero-order valence-corrected chi connectivity index (χ0v) is 9.11. The van der Waals surface area contributed by atoms with E-state index in [-0.39, 0.29) is 5.28 Å². The molecule has 1 aliphatic rings. The van der Waals surface area contributed by atoms with Crippen molar-refractivity contribution >= 4 is 17.4 Å². The second kappa shape index (κ2) is 5.09. The maximum atomic E-state index is 5.67. The van der Waals surface area contributed by atoms with Crippen molar-refractivity contribution in [3.05, 3.63) is 29.7 Å². The molecule has 0 saturated carbocycles. The van der Waals surface area contributed by atoms with E-state index in [1.54, 1.807) is 6.20 Å². The summed E-state index contributed by atoms with van der Waals surface area (Å²) in [6.07, 6.45) is 6.01. The van der Waals surface area contributed by atoms with Crippen molar-refractivity contribution in [3.8, 4) is 0 Å². The molecule has 2 rings (SSSR count). The standard InChI is InChI=1S/C10H13ClN4/c11-10-13-4-3-9(14-10)12-5-8-15-6-1-2-7-15/h1-4H,5-8H2,(H,12,13,14). The molecule has 0 unspecified atom stereocenters. The molecule has 0 saturated heterocycles. The van der Waals surface area contributed by atoms with E-state index >= 15 is 0 Å². The van der Waals surface area contributed by atoms with Crippen LogP contribution in [0.1, 0.15) is 0 Å². The summed E-state index contributed by atoms with van der Waals surface area (Å²) in [5.41, 5.74) is 0. The number of rotatable bonds is 4. The van der Waals surface area contributed by atoms with Gasteiger partial charge >= 0.3 is 0 Å². The Morgan fingerprint density at radius 1 is 1.40 bits per heavy atom. The molecule has 0 aliphatic carbocycles. The van der Waals surface area contributed by atoms with Crippen LogP contribution in [0.4, 0.5) is 5.82 Å². The largest absolute Gasteiger partial charge is 0.369 e. The molecule has 0 bridgehead atoms. The first-order valence-corrected chi connectivity index (χ1v) is 5.32. The van der Waals surface area contributed by atoms with Gasteiger partial charge in [0.2, 0.25) is 5.28 Å². The van der Waals surface area contributed by atoms with E-state index in [9.17, 15) is 0 Å². The molecule has 1 aromatic heterocycles. The Kier molecular flexibility index (Phi) is 3.53. The molecule has 15 heavy (non-hydrogen) atoms. The number of nitrogens with zero attached hydrogens (tertiary/aromatic N) is 3. The lowest BCUT2D eigenvalue weighted by atomic mass is 10.5. The molecule has 80 valence electrons. The van der Waals surface area contributed by atoms with Crippen molar-refractivity contribution in [3.63, 3.8) is 0 Å².